The van der Waals surface area contributed by atoms with Crippen LogP contribution in [-0.4, -0.2) is 39.9 Å². The molecule has 0 bridgehead atoms. The Morgan fingerprint density at radius 1 is 1.23 bits per heavy atom. The third kappa shape index (κ3) is 4.29. The lowest BCUT2D eigenvalue weighted by molar-refractivity contribution is 0.467. The quantitative estimate of drug-likeness (QED) is 0.587. The average molecular weight is 402 g/mol. The van der Waals surface area contributed by atoms with Crippen LogP contribution < -0.4 is 16.0 Å². The predicted molar refractivity (Wildman–Crippen MR) is 119 cm³/mol. The molecule has 0 unspecified atom stereocenters. The van der Waals surface area contributed by atoms with E-state index in [1.54, 1.807) is 4.68 Å². The number of fused-ring (bicyclic) bond motifs is 1. The molecular formula is C23H27N7. The summed E-state index contributed by atoms with van der Waals surface area (Å²) < 4.78 is 1.79. The summed E-state index contributed by atoms with van der Waals surface area (Å²) >= 11 is 0. The molecule has 154 valence electrons. The second-order valence-corrected chi connectivity index (χ2v) is 7.99. The zero-order valence-electron chi connectivity index (χ0n) is 17.6. The summed E-state index contributed by atoms with van der Waals surface area (Å²) in [7, 11) is 1.91. The second kappa shape index (κ2) is 8.56. The van der Waals surface area contributed by atoms with Crippen LogP contribution in [-0.2, 0) is 7.05 Å². The molecule has 0 saturated heterocycles. The van der Waals surface area contributed by atoms with Gasteiger partial charge in [0.2, 0.25) is 0 Å². The largest absolute Gasteiger partial charge is 0.380 e. The van der Waals surface area contributed by atoms with E-state index in [0.717, 1.165) is 35.7 Å². The number of hydrogen-bond donors (Lipinski definition) is 3. The lowest BCUT2D eigenvalue weighted by atomic mass is 9.99. The fraction of sp³-hybridized carbons (Fsp3) is 0.348. The smallest absolute Gasteiger partial charge is 0.149 e. The summed E-state index contributed by atoms with van der Waals surface area (Å²) in [6.07, 6.45) is 5.73. The fourth-order valence-corrected chi connectivity index (χ4v) is 3.70. The van der Waals surface area contributed by atoms with Gasteiger partial charge in [-0.2, -0.15) is 10.4 Å². The van der Waals surface area contributed by atoms with Gasteiger partial charge in [-0.1, -0.05) is 19.1 Å². The topological polar surface area (TPSA) is 90.6 Å². The number of aromatic nitrogens is 3. The molecule has 0 amide bonds. The van der Waals surface area contributed by atoms with Gasteiger partial charge in [0.25, 0.3) is 0 Å². The highest BCUT2D eigenvalue weighted by Crippen LogP contribution is 2.29. The Hall–Kier alpha value is -3.37. The Morgan fingerprint density at radius 3 is 2.73 bits per heavy atom. The first-order valence-corrected chi connectivity index (χ1v) is 10.3. The molecule has 1 aliphatic rings. The maximum absolute atomic E-state index is 8.95. The van der Waals surface area contributed by atoms with E-state index in [1.165, 1.54) is 5.56 Å². The minimum absolute atomic E-state index is 0.238. The average Bonchev–Trinajstić information content (AvgIpc) is 3.22. The third-order valence-corrected chi connectivity index (χ3v) is 5.72. The van der Waals surface area contributed by atoms with E-state index in [1.807, 2.05) is 49.9 Å². The molecule has 7 heteroatoms. The summed E-state index contributed by atoms with van der Waals surface area (Å²) in [4.78, 5) is 4.63. The number of nitrogens with one attached hydrogen (secondary N) is 3. The minimum Gasteiger partial charge on any atom is -0.380 e. The van der Waals surface area contributed by atoms with Crippen molar-refractivity contribution >= 4 is 11.5 Å². The highest BCUT2D eigenvalue weighted by atomic mass is 15.2. The van der Waals surface area contributed by atoms with Crippen molar-refractivity contribution in [1.29, 1.82) is 5.26 Å². The van der Waals surface area contributed by atoms with E-state index in [9.17, 15) is 0 Å². The van der Waals surface area contributed by atoms with E-state index in [4.69, 9.17) is 5.26 Å². The normalized spacial score (nSPS) is 17.2. The molecule has 7 nitrogen and oxygen atoms in total. The number of hydrogen-bond acceptors (Lipinski definition) is 6. The Bertz CT molecular complexity index is 1050. The predicted octanol–water partition coefficient (Wildman–Crippen LogP) is 3.34. The number of nitriles is 1. The minimum atomic E-state index is 0.238. The van der Waals surface area contributed by atoms with Crippen LogP contribution in [0.3, 0.4) is 0 Å². The van der Waals surface area contributed by atoms with Gasteiger partial charge in [0, 0.05) is 49.7 Å². The van der Waals surface area contributed by atoms with Crippen LogP contribution in [0.4, 0.5) is 11.5 Å². The second-order valence-electron chi connectivity index (χ2n) is 7.99. The highest BCUT2D eigenvalue weighted by Gasteiger charge is 2.24. The molecule has 0 saturated carbocycles. The molecule has 30 heavy (non-hydrogen) atoms. The molecule has 1 aliphatic heterocycles. The van der Waals surface area contributed by atoms with E-state index in [0.29, 0.717) is 11.5 Å². The van der Waals surface area contributed by atoms with Crippen molar-refractivity contribution in [2.24, 2.45) is 7.05 Å². The van der Waals surface area contributed by atoms with Gasteiger partial charge in [0.15, 0.2) is 0 Å². The Kier molecular flexibility index (Phi) is 5.68. The van der Waals surface area contributed by atoms with E-state index in [2.05, 4.69) is 52.0 Å². The van der Waals surface area contributed by atoms with Crippen LogP contribution in [0.2, 0.25) is 0 Å². The molecule has 0 spiro atoms. The molecule has 3 heterocycles. The first-order chi connectivity index (χ1) is 14.5. The van der Waals surface area contributed by atoms with Gasteiger partial charge in [0.1, 0.15) is 5.82 Å². The standard InChI is InChI=1S/C23H27N7/c1-15(18-6-4-17(9-24)5-7-18)10-25-16(2)22-13-26-21-8-19(11-27-23(21)29-22)20-12-28-30(3)14-20/h4-8,11-12,14-16,22,25-26H,10,13H2,1-3H3,(H,27,29)/t15-,16-,22-/m1/s1. The van der Waals surface area contributed by atoms with Crippen LogP contribution in [0.15, 0.2) is 48.9 Å². The van der Waals surface area contributed by atoms with E-state index >= 15 is 0 Å². The van der Waals surface area contributed by atoms with Crippen molar-refractivity contribution in [2.75, 3.05) is 23.7 Å². The number of aryl methyl sites for hydroxylation is 1. The van der Waals surface area contributed by atoms with Crippen molar-refractivity contribution in [2.45, 2.75) is 31.8 Å². The van der Waals surface area contributed by atoms with Crippen LogP contribution in [0, 0.1) is 11.3 Å². The van der Waals surface area contributed by atoms with Crippen molar-refractivity contribution in [3.8, 4) is 17.2 Å². The van der Waals surface area contributed by atoms with Gasteiger partial charge in [-0.25, -0.2) is 4.98 Å². The van der Waals surface area contributed by atoms with Crippen molar-refractivity contribution < 1.29 is 0 Å². The van der Waals surface area contributed by atoms with Crippen LogP contribution in [0.1, 0.15) is 30.9 Å². The number of pyridine rings is 1. The molecule has 0 radical (unpaired) electrons. The van der Waals surface area contributed by atoms with Crippen molar-refractivity contribution in [3.05, 3.63) is 60.0 Å². The van der Waals surface area contributed by atoms with Crippen LogP contribution in [0.5, 0.6) is 0 Å². The SMILES string of the molecule is C[C@H](CN[C@H](C)[C@H]1CNc2cc(-c3cnn(C)c3)cnc2N1)c1ccc(C#N)cc1. The first kappa shape index (κ1) is 19.9. The Labute approximate surface area is 177 Å². The molecule has 1 aromatic carbocycles. The molecule has 0 aliphatic carbocycles. The molecular weight excluding hydrogens is 374 g/mol. The van der Waals surface area contributed by atoms with Crippen molar-refractivity contribution in [3.63, 3.8) is 0 Å². The van der Waals surface area contributed by atoms with Gasteiger partial charge >= 0.3 is 0 Å². The Morgan fingerprint density at radius 2 is 2.03 bits per heavy atom. The Balaban J connectivity index is 1.35. The van der Waals surface area contributed by atoms with Crippen molar-refractivity contribution in [1.82, 2.24) is 20.1 Å². The lowest BCUT2D eigenvalue weighted by Crippen LogP contribution is -2.49. The number of anilines is 2. The molecule has 4 rings (SSSR count). The van der Waals surface area contributed by atoms with Gasteiger partial charge in [-0.3, -0.25) is 4.68 Å². The maximum Gasteiger partial charge on any atom is 0.149 e. The third-order valence-electron chi connectivity index (χ3n) is 5.72. The van der Waals surface area contributed by atoms with Crippen LogP contribution >= 0.6 is 0 Å². The molecule has 3 aromatic rings. The summed E-state index contributed by atoms with van der Waals surface area (Å²) in [5.74, 6) is 1.25. The maximum atomic E-state index is 8.95. The van der Waals surface area contributed by atoms with Gasteiger partial charge in [-0.05, 0) is 36.6 Å². The lowest BCUT2D eigenvalue weighted by Gasteiger charge is -2.33. The van der Waals surface area contributed by atoms with Gasteiger partial charge in [-0.15, -0.1) is 0 Å². The first-order valence-electron chi connectivity index (χ1n) is 10.3. The zero-order valence-corrected chi connectivity index (χ0v) is 17.6. The summed E-state index contributed by atoms with van der Waals surface area (Å²) in [5, 5.41) is 23.9. The number of nitrogens with zero attached hydrogens (tertiary/aromatic N) is 4. The fourth-order valence-electron chi connectivity index (χ4n) is 3.70. The molecule has 3 atom stereocenters. The van der Waals surface area contributed by atoms with E-state index in [-0.39, 0.29) is 12.1 Å². The number of benzene rings is 1. The molecule has 0 fully saturated rings. The molecule has 3 N–H and O–H groups in total. The highest BCUT2D eigenvalue weighted by molar-refractivity contribution is 5.75. The summed E-state index contributed by atoms with van der Waals surface area (Å²) in [5.41, 5.74) is 5.06. The zero-order chi connectivity index (χ0) is 21.1. The summed E-state index contributed by atoms with van der Waals surface area (Å²) in [6.45, 7) is 6.08. The van der Waals surface area contributed by atoms with Crippen LogP contribution in [0.25, 0.3) is 11.1 Å². The van der Waals surface area contributed by atoms with Gasteiger partial charge < -0.3 is 16.0 Å². The van der Waals surface area contributed by atoms with Gasteiger partial charge in [0.05, 0.1) is 29.6 Å². The molecule has 2 aromatic heterocycles. The number of rotatable bonds is 6. The monoisotopic (exact) mass is 401 g/mol. The summed E-state index contributed by atoms with van der Waals surface area (Å²) in [6, 6.07) is 12.6. The van der Waals surface area contributed by atoms with E-state index < -0.39 is 0 Å².